The molecule has 60 valence electrons. The zero-order valence-electron chi connectivity index (χ0n) is 6.10. The molecule has 0 aromatic carbocycles. The van der Waals surface area contributed by atoms with E-state index in [1.807, 2.05) is 0 Å². The minimum Gasteiger partial charge on any atom is -0.382 e. The Labute approximate surface area is 67.7 Å². The second-order valence-electron chi connectivity index (χ2n) is 2.22. The number of nitrogens with zero attached hydrogens (tertiary/aromatic N) is 4. The van der Waals surface area contributed by atoms with Gasteiger partial charge in [-0.1, -0.05) is 0 Å². The smallest absolute Gasteiger partial charge is 0.220 e. The van der Waals surface area contributed by atoms with Gasteiger partial charge in [0.2, 0.25) is 5.95 Å². The van der Waals surface area contributed by atoms with Crippen LogP contribution in [0.3, 0.4) is 0 Å². The van der Waals surface area contributed by atoms with E-state index in [9.17, 15) is 0 Å². The second-order valence-corrected chi connectivity index (χ2v) is 2.22. The van der Waals surface area contributed by atoms with E-state index in [2.05, 4.69) is 19.9 Å². The van der Waals surface area contributed by atoms with Crippen LogP contribution >= 0.6 is 0 Å². The average molecular weight is 162 g/mol. The summed E-state index contributed by atoms with van der Waals surface area (Å²) in [5.74, 6) is 0.484. The number of nitrogen functional groups attached to an aromatic ring is 2. The zero-order chi connectivity index (χ0) is 8.55. The Bertz CT molecular complexity index is 425. The third-order valence-electron chi connectivity index (χ3n) is 1.42. The maximum Gasteiger partial charge on any atom is 0.220 e. The lowest BCUT2D eigenvalue weighted by atomic mass is 10.4. The predicted molar refractivity (Wildman–Crippen MR) is 44.0 cm³/mol. The molecule has 2 rings (SSSR count). The third kappa shape index (κ3) is 0.895. The van der Waals surface area contributed by atoms with Crippen LogP contribution in [0.5, 0.6) is 0 Å². The number of hydrogen-bond donors (Lipinski definition) is 2. The topological polar surface area (TPSA) is 104 Å². The molecule has 6 heteroatoms. The van der Waals surface area contributed by atoms with Crippen molar-refractivity contribution in [3.05, 3.63) is 12.5 Å². The fourth-order valence-electron chi connectivity index (χ4n) is 0.886. The SMILES string of the molecule is Nc1ncc2ncnc(N)c2n1. The minimum atomic E-state index is 0.170. The van der Waals surface area contributed by atoms with Crippen molar-refractivity contribution in [2.75, 3.05) is 11.5 Å². The molecule has 0 unspecified atom stereocenters. The molecule has 2 heterocycles. The summed E-state index contributed by atoms with van der Waals surface area (Å²) in [6, 6.07) is 0. The van der Waals surface area contributed by atoms with Crippen molar-refractivity contribution in [3.8, 4) is 0 Å². The molecule has 0 spiro atoms. The number of rotatable bonds is 0. The summed E-state index contributed by atoms with van der Waals surface area (Å²) < 4.78 is 0. The van der Waals surface area contributed by atoms with E-state index in [-0.39, 0.29) is 5.95 Å². The Morgan fingerprint density at radius 1 is 1.08 bits per heavy atom. The van der Waals surface area contributed by atoms with Crippen molar-refractivity contribution in [2.24, 2.45) is 0 Å². The molecule has 0 aliphatic carbocycles. The highest BCUT2D eigenvalue weighted by Crippen LogP contribution is 2.12. The molecule has 6 nitrogen and oxygen atoms in total. The summed E-state index contributed by atoms with van der Waals surface area (Å²) >= 11 is 0. The number of anilines is 2. The first-order chi connectivity index (χ1) is 5.77. The molecule has 2 aromatic rings. The molecule has 0 saturated carbocycles. The van der Waals surface area contributed by atoms with Crippen molar-refractivity contribution in [1.29, 1.82) is 0 Å². The van der Waals surface area contributed by atoms with Crippen molar-refractivity contribution in [3.63, 3.8) is 0 Å². The largest absolute Gasteiger partial charge is 0.382 e. The summed E-state index contributed by atoms with van der Waals surface area (Å²) in [6.45, 7) is 0. The average Bonchev–Trinajstić information content (AvgIpc) is 2.07. The molecule has 0 saturated heterocycles. The number of aromatic nitrogens is 4. The van der Waals surface area contributed by atoms with Gasteiger partial charge < -0.3 is 11.5 Å². The number of hydrogen-bond acceptors (Lipinski definition) is 6. The normalized spacial score (nSPS) is 10.3. The Morgan fingerprint density at radius 2 is 1.92 bits per heavy atom. The first-order valence-electron chi connectivity index (χ1n) is 3.26. The molecule has 0 aliphatic rings. The van der Waals surface area contributed by atoms with Gasteiger partial charge in [-0.3, -0.25) is 0 Å². The van der Waals surface area contributed by atoms with Gasteiger partial charge in [-0.15, -0.1) is 0 Å². The predicted octanol–water partition coefficient (Wildman–Crippen LogP) is -0.416. The lowest BCUT2D eigenvalue weighted by Crippen LogP contribution is -1.99. The van der Waals surface area contributed by atoms with Gasteiger partial charge in [0.25, 0.3) is 0 Å². The Hall–Kier alpha value is -1.98. The maximum absolute atomic E-state index is 5.53. The Kier molecular flexibility index (Phi) is 1.26. The molecule has 0 radical (unpaired) electrons. The van der Waals surface area contributed by atoms with Gasteiger partial charge in [0, 0.05) is 0 Å². The van der Waals surface area contributed by atoms with E-state index < -0.39 is 0 Å². The summed E-state index contributed by atoms with van der Waals surface area (Å²) in [6.07, 6.45) is 2.87. The fourth-order valence-corrected chi connectivity index (χ4v) is 0.886. The fraction of sp³-hybridized carbons (Fsp3) is 0. The van der Waals surface area contributed by atoms with E-state index in [1.165, 1.54) is 12.5 Å². The van der Waals surface area contributed by atoms with Crippen LogP contribution in [-0.4, -0.2) is 19.9 Å². The van der Waals surface area contributed by atoms with E-state index in [4.69, 9.17) is 11.5 Å². The van der Waals surface area contributed by atoms with E-state index in [1.54, 1.807) is 0 Å². The highest BCUT2D eigenvalue weighted by Gasteiger charge is 2.01. The highest BCUT2D eigenvalue weighted by atomic mass is 15.0. The summed E-state index contributed by atoms with van der Waals surface area (Å²) in [5, 5.41) is 0. The molecular formula is C6H6N6. The Balaban J connectivity index is 2.88. The van der Waals surface area contributed by atoms with Crippen LogP contribution in [0.2, 0.25) is 0 Å². The lowest BCUT2D eigenvalue weighted by molar-refractivity contribution is 1.16. The van der Waals surface area contributed by atoms with Gasteiger partial charge >= 0.3 is 0 Å². The molecule has 0 amide bonds. The standard InChI is InChI=1S/C6H6N6/c7-5-4-3(10-2-11-5)1-9-6(8)12-4/h1-2H,(H2,7,10,11)(H2,8,9,12). The van der Waals surface area contributed by atoms with Gasteiger partial charge in [0.1, 0.15) is 17.4 Å². The maximum atomic E-state index is 5.53. The van der Waals surface area contributed by atoms with Crippen LogP contribution < -0.4 is 11.5 Å². The molecule has 0 atom stereocenters. The molecular weight excluding hydrogens is 156 g/mol. The number of fused-ring (bicyclic) bond motifs is 1. The van der Waals surface area contributed by atoms with Crippen LogP contribution in [0.4, 0.5) is 11.8 Å². The highest BCUT2D eigenvalue weighted by molar-refractivity contribution is 5.83. The van der Waals surface area contributed by atoms with E-state index in [0.29, 0.717) is 16.9 Å². The second kappa shape index (κ2) is 2.26. The van der Waals surface area contributed by atoms with Crippen LogP contribution in [-0.2, 0) is 0 Å². The summed E-state index contributed by atoms with van der Waals surface area (Å²) in [7, 11) is 0. The van der Waals surface area contributed by atoms with Gasteiger partial charge in [-0.25, -0.2) is 19.9 Å². The summed E-state index contributed by atoms with van der Waals surface area (Å²) in [5.41, 5.74) is 12.0. The van der Waals surface area contributed by atoms with Crippen molar-refractivity contribution >= 4 is 22.8 Å². The van der Waals surface area contributed by atoms with Crippen LogP contribution in [0.1, 0.15) is 0 Å². The molecule has 4 N–H and O–H groups in total. The summed E-state index contributed by atoms with van der Waals surface area (Å²) in [4.78, 5) is 15.3. The van der Waals surface area contributed by atoms with Crippen molar-refractivity contribution < 1.29 is 0 Å². The minimum absolute atomic E-state index is 0.170. The molecule has 0 fully saturated rings. The van der Waals surface area contributed by atoms with Gasteiger partial charge in [-0.2, -0.15) is 0 Å². The molecule has 12 heavy (non-hydrogen) atoms. The molecule has 0 aliphatic heterocycles. The first-order valence-corrected chi connectivity index (χ1v) is 3.26. The van der Waals surface area contributed by atoms with E-state index >= 15 is 0 Å². The lowest BCUT2D eigenvalue weighted by Gasteiger charge is -1.97. The Morgan fingerprint density at radius 3 is 2.75 bits per heavy atom. The van der Waals surface area contributed by atoms with Crippen LogP contribution in [0.25, 0.3) is 11.0 Å². The van der Waals surface area contributed by atoms with Crippen molar-refractivity contribution in [1.82, 2.24) is 19.9 Å². The molecule has 2 aromatic heterocycles. The number of nitrogens with two attached hydrogens (primary N) is 2. The van der Waals surface area contributed by atoms with Gasteiger partial charge in [-0.05, 0) is 0 Å². The molecule has 0 bridgehead atoms. The monoisotopic (exact) mass is 162 g/mol. The van der Waals surface area contributed by atoms with Gasteiger partial charge in [0.05, 0.1) is 6.20 Å². The quantitative estimate of drug-likeness (QED) is 0.545. The first kappa shape index (κ1) is 6.71. The zero-order valence-corrected chi connectivity index (χ0v) is 6.10. The van der Waals surface area contributed by atoms with Crippen LogP contribution in [0, 0.1) is 0 Å². The third-order valence-corrected chi connectivity index (χ3v) is 1.42. The van der Waals surface area contributed by atoms with Crippen LogP contribution in [0.15, 0.2) is 12.5 Å². The van der Waals surface area contributed by atoms with Crippen molar-refractivity contribution in [2.45, 2.75) is 0 Å². The van der Waals surface area contributed by atoms with E-state index in [0.717, 1.165) is 0 Å². The van der Waals surface area contributed by atoms with Gasteiger partial charge in [0.15, 0.2) is 5.82 Å².